The lowest BCUT2D eigenvalue weighted by atomic mass is 9.66. The summed E-state index contributed by atoms with van der Waals surface area (Å²) in [7, 11) is 0. The SMILES string of the molecule is CC1(C(=O)N2CCc3ccc(-c4nccc(Nc5ccc(-c6cn[nH]c6)cc5)n4)cc3C2)CC(F)(F)C1. The van der Waals surface area contributed by atoms with Crippen LogP contribution in [0.1, 0.15) is 30.9 Å². The maximum Gasteiger partial charge on any atom is 0.250 e. The lowest BCUT2D eigenvalue weighted by molar-refractivity contribution is -0.184. The molecule has 1 amide bonds. The predicted octanol–water partition coefficient (Wildman–Crippen LogP) is 5.60. The van der Waals surface area contributed by atoms with E-state index in [0.29, 0.717) is 31.2 Å². The molecule has 0 spiro atoms. The summed E-state index contributed by atoms with van der Waals surface area (Å²) in [6.07, 6.45) is 5.28. The van der Waals surface area contributed by atoms with Gasteiger partial charge in [-0.3, -0.25) is 9.89 Å². The Hall–Kier alpha value is -4.14. The second-order valence-electron chi connectivity index (χ2n) is 10.2. The summed E-state index contributed by atoms with van der Waals surface area (Å²) in [5, 5.41) is 10.1. The van der Waals surface area contributed by atoms with E-state index in [1.165, 1.54) is 0 Å². The van der Waals surface area contributed by atoms with Crippen molar-refractivity contribution in [1.29, 1.82) is 0 Å². The van der Waals surface area contributed by atoms with E-state index < -0.39 is 11.3 Å². The highest BCUT2D eigenvalue weighted by molar-refractivity contribution is 5.84. The fraction of sp³-hybridized carbons (Fsp3) is 0.286. The molecule has 0 bridgehead atoms. The first-order valence-electron chi connectivity index (χ1n) is 12.3. The van der Waals surface area contributed by atoms with Crippen molar-refractivity contribution in [3.63, 3.8) is 0 Å². The summed E-state index contributed by atoms with van der Waals surface area (Å²) in [5.74, 6) is -1.69. The van der Waals surface area contributed by atoms with Crippen LogP contribution < -0.4 is 5.32 Å². The fourth-order valence-electron chi connectivity index (χ4n) is 5.36. The van der Waals surface area contributed by atoms with Gasteiger partial charge in [0, 0.05) is 55.1 Å². The molecule has 1 saturated carbocycles. The molecule has 0 unspecified atom stereocenters. The molecule has 0 saturated heterocycles. The van der Waals surface area contributed by atoms with Gasteiger partial charge in [0.15, 0.2) is 5.82 Å². The van der Waals surface area contributed by atoms with E-state index in [4.69, 9.17) is 4.98 Å². The number of halogens is 2. The largest absolute Gasteiger partial charge is 0.340 e. The van der Waals surface area contributed by atoms with Gasteiger partial charge < -0.3 is 10.2 Å². The van der Waals surface area contributed by atoms with Gasteiger partial charge in [0.05, 0.1) is 11.6 Å². The predicted molar refractivity (Wildman–Crippen MR) is 136 cm³/mol. The van der Waals surface area contributed by atoms with Gasteiger partial charge in [-0.2, -0.15) is 5.10 Å². The highest BCUT2D eigenvalue weighted by Gasteiger charge is 2.58. The Morgan fingerprint density at radius 1 is 1.03 bits per heavy atom. The smallest absolute Gasteiger partial charge is 0.250 e. The van der Waals surface area contributed by atoms with Crippen LogP contribution in [0, 0.1) is 5.41 Å². The van der Waals surface area contributed by atoms with Crippen LogP contribution in [0.5, 0.6) is 0 Å². The monoisotopic (exact) mass is 500 g/mol. The number of amides is 1. The summed E-state index contributed by atoms with van der Waals surface area (Å²) in [6.45, 7) is 2.60. The number of aromatic nitrogens is 4. The zero-order chi connectivity index (χ0) is 25.6. The van der Waals surface area contributed by atoms with Gasteiger partial charge in [-0.15, -0.1) is 0 Å². The molecule has 2 aromatic heterocycles. The zero-order valence-electron chi connectivity index (χ0n) is 20.3. The van der Waals surface area contributed by atoms with Crippen molar-refractivity contribution < 1.29 is 13.6 Å². The number of alkyl halides is 2. The molecule has 2 N–H and O–H groups in total. The Bertz CT molecular complexity index is 1440. The molecule has 3 heterocycles. The van der Waals surface area contributed by atoms with E-state index in [2.05, 4.69) is 20.5 Å². The zero-order valence-corrected chi connectivity index (χ0v) is 20.3. The third-order valence-corrected chi connectivity index (χ3v) is 7.22. The standard InChI is InChI=1S/C28H26F2N6O/c1-27(16-28(29,30)17-27)26(37)36-11-9-19-2-3-20(12-21(19)15-36)25-31-10-8-24(35-25)34-23-6-4-18(5-7-23)22-13-32-33-14-22/h2-8,10,12-14H,9,11,15-17H2,1H3,(H,32,33)(H,31,34,35). The van der Waals surface area contributed by atoms with Crippen LogP contribution in [-0.4, -0.2) is 43.4 Å². The molecule has 2 aromatic carbocycles. The van der Waals surface area contributed by atoms with Crippen LogP contribution in [-0.2, 0) is 17.8 Å². The molecule has 188 valence electrons. The second kappa shape index (κ2) is 8.76. The maximum atomic E-state index is 13.5. The van der Waals surface area contributed by atoms with Gasteiger partial charge in [-0.05, 0) is 47.4 Å². The van der Waals surface area contributed by atoms with Gasteiger partial charge >= 0.3 is 0 Å². The molecule has 1 aliphatic heterocycles. The number of hydrogen-bond donors (Lipinski definition) is 2. The number of benzene rings is 2. The van der Waals surface area contributed by atoms with Crippen molar-refractivity contribution in [3.05, 3.63) is 78.2 Å². The van der Waals surface area contributed by atoms with Gasteiger partial charge in [-0.1, -0.05) is 31.2 Å². The number of fused-ring (bicyclic) bond motifs is 1. The normalized spacial score (nSPS) is 17.5. The Labute approximate surface area is 213 Å². The minimum Gasteiger partial charge on any atom is -0.340 e. The van der Waals surface area contributed by atoms with Crippen LogP contribution >= 0.6 is 0 Å². The molecule has 0 atom stereocenters. The van der Waals surface area contributed by atoms with E-state index in [-0.39, 0.29) is 18.7 Å². The third kappa shape index (κ3) is 4.57. The molecular formula is C28H26F2N6O. The number of aromatic amines is 1. The number of carbonyl (C=O) groups excluding carboxylic acids is 1. The number of hydrogen-bond acceptors (Lipinski definition) is 5. The van der Waals surface area contributed by atoms with Gasteiger partial charge in [-0.25, -0.2) is 18.7 Å². The Balaban J connectivity index is 1.18. The molecule has 7 nitrogen and oxygen atoms in total. The van der Waals surface area contributed by atoms with Crippen LogP contribution in [0.25, 0.3) is 22.5 Å². The molecule has 1 fully saturated rings. The van der Waals surface area contributed by atoms with E-state index in [1.807, 2.05) is 48.7 Å². The van der Waals surface area contributed by atoms with Crippen LogP contribution in [0.3, 0.4) is 0 Å². The quantitative estimate of drug-likeness (QED) is 0.373. The molecule has 4 aromatic rings. The number of rotatable bonds is 5. The van der Waals surface area contributed by atoms with E-state index in [0.717, 1.165) is 33.5 Å². The summed E-state index contributed by atoms with van der Waals surface area (Å²) >= 11 is 0. The summed E-state index contributed by atoms with van der Waals surface area (Å²) < 4.78 is 27.0. The fourth-order valence-corrected chi connectivity index (χ4v) is 5.36. The molecular weight excluding hydrogens is 474 g/mol. The highest BCUT2D eigenvalue weighted by atomic mass is 19.3. The van der Waals surface area contributed by atoms with Crippen molar-refractivity contribution in [1.82, 2.24) is 25.1 Å². The Morgan fingerprint density at radius 2 is 1.81 bits per heavy atom. The highest BCUT2D eigenvalue weighted by Crippen LogP contribution is 2.53. The minimum atomic E-state index is -2.73. The maximum absolute atomic E-state index is 13.5. The van der Waals surface area contributed by atoms with Crippen molar-refractivity contribution >= 4 is 17.4 Å². The van der Waals surface area contributed by atoms with Crippen LogP contribution in [0.2, 0.25) is 0 Å². The number of nitrogens with zero attached hydrogens (tertiary/aromatic N) is 4. The summed E-state index contributed by atoms with van der Waals surface area (Å²) in [6, 6.07) is 15.8. The van der Waals surface area contributed by atoms with E-state index in [9.17, 15) is 13.6 Å². The summed E-state index contributed by atoms with van der Waals surface area (Å²) in [4.78, 5) is 23.9. The lowest BCUT2D eigenvalue weighted by Gasteiger charge is -2.46. The molecule has 0 radical (unpaired) electrons. The van der Waals surface area contributed by atoms with Crippen molar-refractivity contribution in [2.75, 3.05) is 11.9 Å². The first-order valence-corrected chi connectivity index (χ1v) is 12.3. The average Bonchev–Trinajstić information content (AvgIpc) is 3.42. The molecule has 9 heteroatoms. The molecule has 2 aliphatic rings. The van der Waals surface area contributed by atoms with Crippen LogP contribution in [0.15, 0.2) is 67.1 Å². The number of anilines is 2. The minimum absolute atomic E-state index is 0.185. The van der Waals surface area contributed by atoms with Crippen molar-refractivity contribution in [2.45, 2.75) is 38.7 Å². The Morgan fingerprint density at radius 3 is 2.54 bits per heavy atom. The molecule has 37 heavy (non-hydrogen) atoms. The lowest BCUT2D eigenvalue weighted by Crippen LogP contribution is -2.55. The van der Waals surface area contributed by atoms with Crippen molar-refractivity contribution in [2.24, 2.45) is 5.41 Å². The summed E-state index contributed by atoms with van der Waals surface area (Å²) in [5.41, 5.74) is 5.00. The first-order chi connectivity index (χ1) is 17.8. The molecule has 6 rings (SSSR count). The third-order valence-electron chi connectivity index (χ3n) is 7.22. The van der Waals surface area contributed by atoms with Crippen molar-refractivity contribution in [3.8, 4) is 22.5 Å². The number of nitrogens with one attached hydrogen (secondary N) is 2. The van der Waals surface area contributed by atoms with E-state index >= 15 is 0 Å². The van der Waals surface area contributed by atoms with Gasteiger partial charge in [0.2, 0.25) is 11.8 Å². The number of H-pyrrole nitrogens is 1. The van der Waals surface area contributed by atoms with Gasteiger partial charge in [0.25, 0.3) is 0 Å². The van der Waals surface area contributed by atoms with Crippen LogP contribution in [0.4, 0.5) is 20.3 Å². The topological polar surface area (TPSA) is 86.8 Å². The van der Waals surface area contributed by atoms with Gasteiger partial charge in [0.1, 0.15) is 5.82 Å². The molecule has 1 aliphatic carbocycles. The first kappa shape index (κ1) is 23.3. The van der Waals surface area contributed by atoms with E-state index in [1.54, 1.807) is 30.3 Å². The average molecular weight is 501 g/mol. The Kier molecular flexibility index (Phi) is 5.51. The second-order valence-corrected chi connectivity index (χ2v) is 10.2. The number of carbonyl (C=O) groups is 1.